The van der Waals surface area contributed by atoms with Gasteiger partial charge in [0.25, 0.3) is 0 Å². The van der Waals surface area contributed by atoms with E-state index in [1.54, 1.807) is 0 Å². The zero-order chi connectivity index (χ0) is 12.9. The Balaban J connectivity index is 2.63. The molecule has 0 spiro atoms. The lowest BCUT2D eigenvalue weighted by Crippen LogP contribution is -2.43. The maximum atomic E-state index is 12.3. The SMILES string of the molecule is CCN(C(=O)CC1(CN)CCCCC1)C(C)C. The predicted octanol–water partition coefficient (Wildman–Crippen LogP) is 2.54. The highest BCUT2D eigenvalue weighted by atomic mass is 16.2. The predicted molar refractivity (Wildman–Crippen MR) is 71.7 cm³/mol. The van der Waals surface area contributed by atoms with Crippen molar-refractivity contribution < 1.29 is 4.79 Å². The summed E-state index contributed by atoms with van der Waals surface area (Å²) >= 11 is 0. The highest BCUT2D eigenvalue weighted by Crippen LogP contribution is 2.38. The van der Waals surface area contributed by atoms with Crippen molar-refractivity contribution in [2.24, 2.45) is 11.1 Å². The Morgan fingerprint density at radius 1 is 1.29 bits per heavy atom. The minimum atomic E-state index is 0.0949. The van der Waals surface area contributed by atoms with E-state index in [1.807, 2.05) is 11.8 Å². The molecule has 3 nitrogen and oxygen atoms in total. The average molecular weight is 240 g/mol. The van der Waals surface area contributed by atoms with Gasteiger partial charge in [0.2, 0.25) is 5.91 Å². The molecule has 0 aromatic rings. The van der Waals surface area contributed by atoms with E-state index >= 15 is 0 Å². The zero-order valence-electron chi connectivity index (χ0n) is 11.7. The van der Waals surface area contributed by atoms with Gasteiger partial charge in [0.1, 0.15) is 0 Å². The molecule has 0 bridgehead atoms. The van der Waals surface area contributed by atoms with Gasteiger partial charge in [-0.1, -0.05) is 19.3 Å². The van der Waals surface area contributed by atoms with E-state index in [0.717, 1.165) is 19.4 Å². The highest BCUT2D eigenvalue weighted by Gasteiger charge is 2.34. The van der Waals surface area contributed by atoms with E-state index in [9.17, 15) is 4.79 Å². The van der Waals surface area contributed by atoms with Gasteiger partial charge < -0.3 is 10.6 Å². The van der Waals surface area contributed by atoms with Gasteiger partial charge in [0, 0.05) is 19.0 Å². The molecule has 1 rings (SSSR count). The maximum Gasteiger partial charge on any atom is 0.223 e. The second-order valence-electron chi connectivity index (χ2n) is 5.72. The first kappa shape index (κ1) is 14.5. The third-order valence-corrected chi connectivity index (χ3v) is 4.16. The summed E-state index contributed by atoms with van der Waals surface area (Å²) in [5.41, 5.74) is 6.03. The smallest absolute Gasteiger partial charge is 0.223 e. The largest absolute Gasteiger partial charge is 0.341 e. The number of carbonyl (C=O) groups is 1. The van der Waals surface area contributed by atoms with Crippen LogP contribution in [0.15, 0.2) is 0 Å². The lowest BCUT2D eigenvalue weighted by molar-refractivity contribution is -0.135. The second kappa shape index (κ2) is 6.39. The second-order valence-corrected chi connectivity index (χ2v) is 5.72. The lowest BCUT2D eigenvalue weighted by Gasteiger charge is -2.38. The fourth-order valence-electron chi connectivity index (χ4n) is 3.01. The molecular weight excluding hydrogens is 212 g/mol. The molecule has 2 N–H and O–H groups in total. The molecule has 1 fully saturated rings. The van der Waals surface area contributed by atoms with Gasteiger partial charge in [-0.05, 0) is 45.6 Å². The molecular formula is C14H28N2O. The minimum absolute atomic E-state index is 0.0949. The van der Waals surface area contributed by atoms with Crippen LogP contribution in [0.2, 0.25) is 0 Å². The van der Waals surface area contributed by atoms with Crippen molar-refractivity contribution >= 4 is 5.91 Å². The molecule has 3 heteroatoms. The summed E-state index contributed by atoms with van der Waals surface area (Å²) in [5, 5.41) is 0. The Morgan fingerprint density at radius 3 is 2.29 bits per heavy atom. The number of hydrogen-bond donors (Lipinski definition) is 1. The molecule has 0 unspecified atom stereocenters. The fourth-order valence-corrected chi connectivity index (χ4v) is 3.01. The van der Waals surface area contributed by atoms with Gasteiger partial charge in [0.05, 0.1) is 0 Å². The van der Waals surface area contributed by atoms with Gasteiger partial charge in [-0.3, -0.25) is 4.79 Å². The van der Waals surface area contributed by atoms with Gasteiger partial charge in [0.15, 0.2) is 0 Å². The van der Waals surface area contributed by atoms with E-state index in [2.05, 4.69) is 13.8 Å². The number of carbonyl (C=O) groups excluding carboxylic acids is 1. The molecule has 0 aromatic heterocycles. The molecule has 0 saturated heterocycles. The van der Waals surface area contributed by atoms with Crippen LogP contribution in [0.1, 0.15) is 59.3 Å². The molecule has 0 aliphatic heterocycles. The topological polar surface area (TPSA) is 46.3 Å². The lowest BCUT2D eigenvalue weighted by atomic mass is 9.71. The van der Waals surface area contributed by atoms with E-state index in [1.165, 1.54) is 19.3 Å². The van der Waals surface area contributed by atoms with Crippen LogP contribution in [0.3, 0.4) is 0 Å². The van der Waals surface area contributed by atoms with Crippen LogP contribution in [-0.2, 0) is 4.79 Å². The van der Waals surface area contributed by atoms with Crippen LogP contribution in [0.4, 0.5) is 0 Å². The monoisotopic (exact) mass is 240 g/mol. The molecule has 0 atom stereocenters. The van der Waals surface area contributed by atoms with Gasteiger partial charge in [-0.2, -0.15) is 0 Å². The number of amides is 1. The van der Waals surface area contributed by atoms with E-state index in [-0.39, 0.29) is 11.3 Å². The standard InChI is InChI=1S/C14H28N2O/c1-4-16(12(2)3)13(17)10-14(11-15)8-6-5-7-9-14/h12H,4-11,15H2,1-3H3. The summed E-state index contributed by atoms with van der Waals surface area (Å²) < 4.78 is 0. The van der Waals surface area contributed by atoms with Crippen LogP contribution < -0.4 is 5.73 Å². The Bertz CT molecular complexity index is 245. The quantitative estimate of drug-likeness (QED) is 0.802. The van der Waals surface area contributed by atoms with Crippen LogP contribution >= 0.6 is 0 Å². The molecule has 0 heterocycles. The fraction of sp³-hybridized carbons (Fsp3) is 0.929. The summed E-state index contributed by atoms with van der Waals surface area (Å²) in [6.45, 7) is 7.67. The highest BCUT2D eigenvalue weighted by molar-refractivity contribution is 5.77. The van der Waals surface area contributed by atoms with Crippen molar-refractivity contribution in [2.45, 2.75) is 65.3 Å². The Kier molecular flexibility index (Phi) is 5.44. The van der Waals surface area contributed by atoms with Crippen molar-refractivity contribution in [3.05, 3.63) is 0 Å². The van der Waals surface area contributed by atoms with Gasteiger partial charge >= 0.3 is 0 Å². The van der Waals surface area contributed by atoms with Crippen molar-refractivity contribution in [3.63, 3.8) is 0 Å². The number of hydrogen-bond acceptors (Lipinski definition) is 2. The van der Waals surface area contributed by atoms with Crippen molar-refractivity contribution in [1.29, 1.82) is 0 Å². The zero-order valence-corrected chi connectivity index (χ0v) is 11.7. The molecule has 0 radical (unpaired) electrons. The van der Waals surface area contributed by atoms with Crippen LogP contribution in [0.5, 0.6) is 0 Å². The summed E-state index contributed by atoms with van der Waals surface area (Å²) in [6.07, 6.45) is 6.68. The minimum Gasteiger partial charge on any atom is -0.341 e. The maximum absolute atomic E-state index is 12.3. The molecule has 100 valence electrons. The van der Waals surface area contributed by atoms with Crippen LogP contribution in [0, 0.1) is 5.41 Å². The molecule has 1 aliphatic carbocycles. The molecule has 1 saturated carbocycles. The van der Waals surface area contributed by atoms with E-state index in [4.69, 9.17) is 5.73 Å². The van der Waals surface area contributed by atoms with Crippen molar-refractivity contribution in [3.8, 4) is 0 Å². The molecule has 1 aliphatic rings. The molecule has 17 heavy (non-hydrogen) atoms. The Labute approximate surface area is 106 Å². The Hall–Kier alpha value is -0.570. The van der Waals surface area contributed by atoms with Crippen molar-refractivity contribution in [2.75, 3.05) is 13.1 Å². The first-order chi connectivity index (χ1) is 8.04. The average Bonchev–Trinajstić information content (AvgIpc) is 2.30. The number of rotatable bonds is 5. The first-order valence-electron chi connectivity index (χ1n) is 7.04. The van der Waals surface area contributed by atoms with E-state index in [0.29, 0.717) is 19.0 Å². The number of nitrogens with zero attached hydrogens (tertiary/aromatic N) is 1. The van der Waals surface area contributed by atoms with Crippen molar-refractivity contribution in [1.82, 2.24) is 4.90 Å². The van der Waals surface area contributed by atoms with Gasteiger partial charge in [-0.25, -0.2) is 0 Å². The third kappa shape index (κ3) is 3.70. The summed E-state index contributed by atoms with van der Waals surface area (Å²) in [4.78, 5) is 14.3. The summed E-state index contributed by atoms with van der Waals surface area (Å²) in [7, 11) is 0. The summed E-state index contributed by atoms with van der Waals surface area (Å²) in [5.74, 6) is 0.287. The third-order valence-electron chi connectivity index (χ3n) is 4.16. The molecule has 1 amide bonds. The van der Waals surface area contributed by atoms with Crippen LogP contribution in [-0.4, -0.2) is 29.9 Å². The number of nitrogens with two attached hydrogens (primary N) is 1. The van der Waals surface area contributed by atoms with Crippen LogP contribution in [0.25, 0.3) is 0 Å². The first-order valence-corrected chi connectivity index (χ1v) is 7.04. The normalized spacial score (nSPS) is 19.4. The summed E-state index contributed by atoms with van der Waals surface area (Å²) in [6, 6.07) is 0.297. The van der Waals surface area contributed by atoms with E-state index < -0.39 is 0 Å². The Morgan fingerprint density at radius 2 is 1.88 bits per heavy atom. The molecule has 0 aromatic carbocycles. The van der Waals surface area contributed by atoms with Gasteiger partial charge in [-0.15, -0.1) is 0 Å².